The van der Waals surface area contributed by atoms with Crippen molar-refractivity contribution in [3.8, 4) is 5.75 Å². The molecule has 7 heteroatoms. The number of ketones is 1. The summed E-state index contributed by atoms with van der Waals surface area (Å²) < 4.78 is 5.77. The Morgan fingerprint density at radius 2 is 1.66 bits per heavy atom. The number of anilines is 3. The van der Waals surface area contributed by atoms with Crippen molar-refractivity contribution >= 4 is 28.9 Å². The fourth-order valence-corrected chi connectivity index (χ4v) is 2.57. The Hall–Kier alpha value is -3.74. The first-order valence-corrected chi connectivity index (χ1v) is 9.21. The van der Waals surface area contributed by atoms with E-state index in [1.807, 2.05) is 38.1 Å². The molecule has 0 atom stereocenters. The number of benzene rings is 2. The molecule has 2 aromatic carbocycles. The Morgan fingerprint density at radius 1 is 0.931 bits per heavy atom. The van der Waals surface area contributed by atoms with Gasteiger partial charge in [0, 0.05) is 11.3 Å². The van der Waals surface area contributed by atoms with Crippen LogP contribution in [0.4, 0.5) is 17.2 Å². The number of hydrogen-bond acceptors (Lipinski definition) is 6. The summed E-state index contributed by atoms with van der Waals surface area (Å²) in [5.41, 5.74) is 2.10. The van der Waals surface area contributed by atoms with E-state index in [0.29, 0.717) is 22.8 Å². The number of para-hydroxylation sites is 2. The second-order valence-corrected chi connectivity index (χ2v) is 6.68. The molecule has 3 rings (SSSR count). The lowest BCUT2D eigenvalue weighted by atomic mass is 10.1. The van der Waals surface area contributed by atoms with Gasteiger partial charge in [-0.3, -0.25) is 9.59 Å². The molecule has 1 aromatic heterocycles. The number of ether oxygens (including phenoxy) is 1. The third-order valence-corrected chi connectivity index (χ3v) is 3.96. The lowest BCUT2D eigenvalue weighted by Gasteiger charge is -2.14. The van der Waals surface area contributed by atoms with Gasteiger partial charge in [-0.05, 0) is 69.3 Å². The van der Waals surface area contributed by atoms with Crippen molar-refractivity contribution in [1.82, 2.24) is 10.2 Å². The van der Waals surface area contributed by atoms with Gasteiger partial charge >= 0.3 is 0 Å². The summed E-state index contributed by atoms with van der Waals surface area (Å²) in [6, 6.07) is 17.5. The van der Waals surface area contributed by atoms with Crippen LogP contribution in [-0.4, -0.2) is 28.0 Å². The SMILES string of the molecule is CC(=O)c1ccc(NC(=O)c2ccc(Nc3ccccc3OC(C)C)nn2)cc1. The van der Waals surface area contributed by atoms with Crippen LogP contribution in [0.25, 0.3) is 0 Å². The summed E-state index contributed by atoms with van der Waals surface area (Å²) in [6.45, 7) is 5.40. The second-order valence-electron chi connectivity index (χ2n) is 6.68. The zero-order valence-electron chi connectivity index (χ0n) is 16.5. The molecule has 3 aromatic rings. The fourth-order valence-electron chi connectivity index (χ4n) is 2.57. The molecule has 0 aliphatic carbocycles. The van der Waals surface area contributed by atoms with E-state index in [9.17, 15) is 9.59 Å². The van der Waals surface area contributed by atoms with Gasteiger partial charge in [-0.2, -0.15) is 0 Å². The lowest BCUT2D eigenvalue weighted by Crippen LogP contribution is -2.14. The Labute approximate surface area is 169 Å². The van der Waals surface area contributed by atoms with Gasteiger partial charge in [0.05, 0.1) is 11.8 Å². The first-order valence-electron chi connectivity index (χ1n) is 9.21. The molecule has 29 heavy (non-hydrogen) atoms. The van der Waals surface area contributed by atoms with Crippen LogP contribution in [0.15, 0.2) is 60.7 Å². The lowest BCUT2D eigenvalue weighted by molar-refractivity contribution is 0.101. The summed E-state index contributed by atoms with van der Waals surface area (Å²) in [6.07, 6.45) is 0.0413. The van der Waals surface area contributed by atoms with Gasteiger partial charge in [-0.1, -0.05) is 12.1 Å². The molecule has 0 fully saturated rings. The summed E-state index contributed by atoms with van der Waals surface area (Å²) in [5.74, 6) is 0.785. The van der Waals surface area contributed by atoms with Crippen LogP contribution in [0.1, 0.15) is 41.6 Å². The number of nitrogens with zero attached hydrogens (tertiary/aromatic N) is 2. The predicted octanol–water partition coefficient (Wildman–Crippen LogP) is 4.46. The molecule has 1 heterocycles. The molecular weight excluding hydrogens is 368 g/mol. The second kappa shape index (κ2) is 8.97. The Kier molecular flexibility index (Phi) is 6.19. The molecule has 0 unspecified atom stereocenters. The Bertz CT molecular complexity index is 999. The number of amides is 1. The molecule has 0 aliphatic rings. The number of rotatable bonds is 7. The third-order valence-electron chi connectivity index (χ3n) is 3.96. The van der Waals surface area contributed by atoms with Crippen molar-refractivity contribution < 1.29 is 14.3 Å². The normalized spacial score (nSPS) is 10.5. The van der Waals surface area contributed by atoms with Crippen LogP contribution < -0.4 is 15.4 Å². The number of carbonyl (C=O) groups excluding carboxylic acids is 2. The molecule has 148 valence electrons. The summed E-state index contributed by atoms with van der Waals surface area (Å²) >= 11 is 0. The highest BCUT2D eigenvalue weighted by atomic mass is 16.5. The summed E-state index contributed by atoms with van der Waals surface area (Å²) in [5, 5.41) is 13.9. The van der Waals surface area contributed by atoms with Crippen LogP contribution in [0, 0.1) is 0 Å². The minimum atomic E-state index is -0.386. The summed E-state index contributed by atoms with van der Waals surface area (Å²) in [7, 11) is 0. The van der Waals surface area contributed by atoms with Crippen LogP contribution >= 0.6 is 0 Å². The maximum absolute atomic E-state index is 12.4. The first-order chi connectivity index (χ1) is 13.9. The van der Waals surface area contributed by atoms with Crippen LogP contribution in [0.5, 0.6) is 5.75 Å². The van der Waals surface area contributed by atoms with E-state index in [2.05, 4.69) is 20.8 Å². The number of aromatic nitrogens is 2. The Balaban J connectivity index is 1.67. The topological polar surface area (TPSA) is 93.2 Å². The van der Waals surface area contributed by atoms with E-state index >= 15 is 0 Å². The third kappa shape index (κ3) is 5.38. The van der Waals surface area contributed by atoms with E-state index in [1.165, 1.54) is 6.92 Å². The fraction of sp³-hybridized carbons (Fsp3) is 0.182. The number of nitrogens with one attached hydrogen (secondary N) is 2. The van der Waals surface area contributed by atoms with Crippen LogP contribution in [-0.2, 0) is 0 Å². The maximum atomic E-state index is 12.4. The average Bonchev–Trinajstić information content (AvgIpc) is 2.70. The van der Waals surface area contributed by atoms with Gasteiger partial charge in [-0.15, -0.1) is 10.2 Å². The zero-order chi connectivity index (χ0) is 20.8. The van der Waals surface area contributed by atoms with E-state index in [0.717, 1.165) is 5.69 Å². The van der Waals surface area contributed by atoms with Crippen molar-refractivity contribution in [2.75, 3.05) is 10.6 Å². The van der Waals surface area contributed by atoms with E-state index < -0.39 is 0 Å². The van der Waals surface area contributed by atoms with Crippen molar-refractivity contribution in [1.29, 1.82) is 0 Å². The zero-order valence-corrected chi connectivity index (χ0v) is 16.5. The first kappa shape index (κ1) is 20.0. The number of Topliss-reactive ketones (excluding diaryl/α,β-unsaturated/α-hetero) is 1. The highest BCUT2D eigenvalue weighted by molar-refractivity contribution is 6.03. The van der Waals surface area contributed by atoms with Gasteiger partial charge in [0.2, 0.25) is 0 Å². The molecule has 0 saturated carbocycles. The van der Waals surface area contributed by atoms with Gasteiger partial charge < -0.3 is 15.4 Å². The van der Waals surface area contributed by atoms with Gasteiger partial charge in [0.1, 0.15) is 5.75 Å². The smallest absolute Gasteiger partial charge is 0.276 e. The van der Waals surface area contributed by atoms with Crippen molar-refractivity contribution in [2.24, 2.45) is 0 Å². The highest BCUT2D eigenvalue weighted by Gasteiger charge is 2.11. The average molecular weight is 390 g/mol. The monoisotopic (exact) mass is 390 g/mol. The standard InChI is InChI=1S/C22H22N4O3/c1-14(2)29-20-7-5-4-6-18(20)24-21-13-12-19(25-26-21)22(28)23-17-10-8-16(9-11-17)15(3)27/h4-14H,1-3H3,(H,23,28)(H,24,26). The maximum Gasteiger partial charge on any atom is 0.276 e. The van der Waals surface area contributed by atoms with Crippen molar-refractivity contribution in [2.45, 2.75) is 26.9 Å². The van der Waals surface area contributed by atoms with Crippen molar-refractivity contribution in [3.63, 3.8) is 0 Å². The van der Waals surface area contributed by atoms with Gasteiger partial charge in [-0.25, -0.2) is 0 Å². The van der Waals surface area contributed by atoms with Crippen LogP contribution in [0.3, 0.4) is 0 Å². The largest absolute Gasteiger partial charge is 0.489 e. The van der Waals surface area contributed by atoms with Gasteiger partial charge in [0.25, 0.3) is 5.91 Å². The molecule has 1 amide bonds. The number of hydrogen-bond donors (Lipinski definition) is 2. The molecule has 0 aliphatic heterocycles. The van der Waals surface area contributed by atoms with Gasteiger partial charge in [0.15, 0.2) is 17.3 Å². The quantitative estimate of drug-likeness (QED) is 0.579. The minimum absolute atomic E-state index is 0.0304. The van der Waals surface area contributed by atoms with E-state index in [4.69, 9.17) is 4.74 Å². The molecule has 0 saturated heterocycles. The number of carbonyl (C=O) groups is 2. The highest BCUT2D eigenvalue weighted by Crippen LogP contribution is 2.27. The molecule has 0 radical (unpaired) electrons. The molecular formula is C22H22N4O3. The summed E-state index contributed by atoms with van der Waals surface area (Å²) in [4.78, 5) is 23.7. The molecule has 0 spiro atoms. The molecule has 2 N–H and O–H groups in total. The molecule has 7 nitrogen and oxygen atoms in total. The van der Waals surface area contributed by atoms with E-state index in [-0.39, 0.29) is 23.5 Å². The predicted molar refractivity (Wildman–Crippen MR) is 112 cm³/mol. The van der Waals surface area contributed by atoms with Crippen LogP contribution in [0.2, 0.25) is 0 Å². The molecule has 0 bridgehead atoms. The Morgan fingerprint density at radius 3 is 2.28 bits per heavy atom. The minimum Gasteiger partial charge on any atom is -0.489 e. The van der Waals surface area contributed by atoms with E-state index in [1.54, 1.807) is 36.4 Å². The van der Waals surface area contributed by atoms with Crippen molar-refractivity contribution in [3.05, 3.63) is 71.9 Å².